The van der Waals surface area contributed by atoms with Gasteiger partial charge in [0.25, 0.3) is 0 Å². The van der Waals surface area contributed by atoms with E-state index < -0.39 is 32.4 Å². The highest BCUT2D eigenvalue weighted by Crippen LogP contribution is 2.20. The minimum atomic E-state index is -4.57. The van der Waals surface area contributed by atoms with E-state index in [-0.39, 0.29) is 0 Å². The Morgan fingerprint density at radius 1 is 1.29 bits per heavy atom. The fourth-order valence-corrected chi connectivity index (χ4v) is 2.35. The first-order chi connectivity index (χ1) is 9.75. The van der Waals surface area contributed by atoms with Crippen LogP contribution in [0.25, 0.3) is 0 Å². The Bertz CT molecular complexity index is 572. The second-order valence-electron chi connectivity index (χ2n) is 4.64. The average Bonchev–Trinajstić information content (AvgIpc) is 2.43. The molecule has 2 N–H and O–H groups in total. The van der Waals surface area contributed by atoms with Crippen LogP contribution in [-0.2, 0) is 14.6 Å². The van der Waals surface area contributed by atoms with Gasteiger partial charge in [-0.25, -0.2) is 8.42 Å². The summed E-state index contributed by atoms with van der Waals surface area (Å²) in [6, 6.07) is 5.03. The van der Waals surface area contributed by atoms with Gasteiger partial charge >= 0.3 is 11.7 Å². The number of hydrogen-bond donors (Lipinski definition) is 2. The lowest BCUT2D eigenvalue weighted by Crippen LogP contribution is -2.12. The van der Waals surface area contributed by atoms with Gasteiger partial charge in [0.2, 0.25) is 9.84 Å². The van der Waals surface area contributed by atoms with Gasteiger partial charge in [0, 0.05) is 12.2 Å². The Morgan fingerprint density at radius 3 is 2.33 bits per heavy atom. The van der Waals surface area contributed by atoms with E-state index in [2.05, 4.69) is 5.32 Å². The van der Waals surface area contributed by atoms with Crippen LogP contribution in [0, 0.1) is 5.92 Å². The number of benzene rings is 1. The van der Waals surface area contributed by atoms with Crippen molar-refractivity contribution in [1.82, 2.24) is 0 Å². The predicted molar refractivity (Wildman–Crippen MR) is 74.2 cm³/mol. The molecule has 5 nitrogen and oxygen atoms in total. The Balaban J connectivity index is 2.51. The molecule has 0 fully saturated rings. The number of halogens is 2. The van der Waals surface area contributed by atoms with Gasteiger partial charge in [-0.05, 0) is 37.1 Å². The second kappa shape index (κ2) is 7.35. The molecule has 0 amide bonds. The van der Waals surface area contributed by atoms with E-state index in [4.69, 9.17) is 5.11 Å². The van der Waals surface area contributed by atoms with Crippen LogP contribution in [0.4, 0.5) is 14.5 Å². The molecule has 0 spiro atoms. The highest BCUT2D eigenvalue weighted by Gasteiger charge is 2.26. The van der Waals surface area contributed by atoms with E-state index in [1.165, 1.54) is 12.1 Å². The summed E-state index contributed by atoms with van der Waals surface area (Å²) in [6.07, 6.45) is 1.14. The molecule has 0 aliphatic heterocycles. The summed E-state index contributed by atoms with van der Waals surface area (Å²) in [7, 11) is -4.57. The number of hydrogen-bond acceptors (Lipinski definition) is 4. The molecule has 0 radical (unpaired) electrons. The SMILES string of the molecule is CC(CCCNc1ccc(S(=O)(=O)C(F)F)cc1)C(=O)O. The predicted octanol–water partition coefficient (Wildman–Crippen LogP) is 2.60. The van der Waals surface area contributed by atoms with E-state index in [0.717, 1.165) is 12.1 Å². The normalized spacial score (nSPS) is 13.1. The Morgan fingerprint density at radius 2 is 1.86 bits per heavy atom. The number of carboxylic acids is 1. The maximum atomic E-state index is 12.3. The molecule has 1 unspecified atom stereocenters. The van der Waals surface area contributed by atoms with Gasteiger partial charge in [0.05, 0.1) is 10.8 Å². The summed E-state index contributed by atoms with van der Waals surface area (Å²) in [5, 5.41) is 11.7. The molecule has 8 heteroatoms. The molecule has 0 heterocycles. The molecular weight excluding hydrogens is 304 g/mol. The van der Waals surface area contributed by atoms with Crippen LogP contribution in [0.1, 0.15) is 19.8 Å². The number of rotatable bonds is 8. The molecule has 118 valence electrons. The second-order valence-corrected chi connectivity index (χ2v) is 6.56. The number of carbonyl (C=O) groups is 1. The van der Waals surface area contributed by atoms with Gasteiger partial charge in [-0.2, -0.15) is 8.78 Å². The van der Waals surface area contributed by atoms with Gasteiger partial charge < -0.3 is 10.4 Å². The van der Waals surface area contributed by atoms with Crippen LogP contribution in [0.5, 0.6) is 0 Å². The number of aliphatic carboxylic acids is 1. The number of anilines is 1. The van der Waals surface area contributed by atoms with E-state index in [0.29, 0.717) is 25.1 Å². The van der Waals surface area contributed by atoms with Gasteiger partial charge in [-0.1, -0.05) is 6.92 Å². The van der Waals surface area contributed by atoms with E-state index >= 15 is 0 Å². The van der Waals surface area contributed by atoms with E-state index in [1.807, 2.05) is 0 Å². The first-order valence-electron chi connectivity index (χ1n) is 6.34. The minimum absolute atomic E-state index is 0.426. The highest BCUT2D eigenvalue weighted by molar-refractivity contribution is 7.91. The number of sulfone groups is 1. The molecule has 0 saturated carbocycles. The summed E-state index contributed by atoms with van der Waals surface area (Å²) in [5.74, 6) is -4.71. The quantitative estimate of drug-likeness (QED) is 0.719. The zero-order valence-corrected chi connectivity index (χ0v) is 12.2. The van der Waals surface area contributed by atoms with Crippen molar-refractivity contribution in [3.8, 4) is 0 Å². The smallest absolute Gasteiger partial charge is 0.341 e. The third-order valence-corrected chi connectivity index (χ3v) is 4.38. The summed E-state index contributed by atoms with van der Waals surface area (Å²) >= 11 is 0. The van der Waals surface area contributed by atoms with Crippen molar-refractivity contribution in [1.29, 1.82) is 0 Å². The Labute approximate surface area is 121 Å². The molecule has 1 atom stereocenters. The summed E-state index contributed by atoms with van der Waals surface area (Å²) in [5.41, 5.74) is 0.589. The summed E-state index contributed by atoms with van der Waals surface area (Å²) < 4.78 is 47.1. The fraction of sp³-hybridized carbons (Fsp3) is 0.462. The van der Waals surface area contributed by atoms with Crippen molar-refractivity contribution in [2.45, 2.75) is 30.4 Å². The molecule has 21 heavy (non-hydrogen) atoms. The largest absolute Gasteiger partial charge is 0.481 e. The number of carboxylic acid groups (broad SMARTS) is 1. The van der Waals surface area contributed by atoms with Crippen molar-refractivity contribution in [2.75, 3.05) is 11.9 Å². The molecule has 0 aliphatic rings. The molecule has 1 aromatic carbocycles. The third-order valence-electron chi connectivity index (χ3n) is 2.98. The molecule has 0 saturated heterocycles. The standard InChI is InChI=1S/C13H17F2NO4S/c1-9(12(17)18)3-2-8-16-10-4-6-11(7-5-10)21(19,20)13(14)15/h4-7,9,13,16H,2-3,8H2,1H3,(H,17,18). The lowest BCUT2D eigenvalue weighted by molar-refractivity contribution is -0.141. The van der Waals surface area contributed by atoms with Crippen molar-refractivity contribution in [2.24, 2.45) is 5.92 Å². The fourth-order valence-electron chi connectivity index (χ4n) is 1.63. The van der Waals surface area contributed by atoms with Crippen LogP contribution >= 0.6 is 0 Å². The average molecular weight is 321 g/mol. The van der Waals surface area contributed by atoms with Crippen LogP contribution in [-0.4, -0.2) is 31.8 Å². The lowest BCUT2D eigenvalue weighted by atomic mass is 10.1. The maximum Gasteiger partial charge on any atom is 0.341 e. The van der Waals surface area contributed by atoms with E-state index in [1.54, 1.807) is 6.92 Å². The molecular formula is C13H17F2NO4S. The molecule has 0 bridgehead atoms. The van der Waals surface area contributed by atoms with Crippen molar-refractivity contribution in [3.63, 3.8) is 0 Å². The van der Waals surface area contributed by atoms with Crippen LogP contribution in [0.2, 0.25) is 0 Å². The molecule has 1 rings (SSSR count). The lowest BCUT2D eigenvalue weighted by Gasteiger charge is -2.09. The van der Waals surface area contributed by atoms with Crippen molar-refractivity contribution < 1.29 is 27.1 Å². The highest BCUT2D eigenvalue weighted by atomic mass is 32.2. The number of nitrogens with one attached hydrogen (secondary N) is 1. The van der Waals surface area contributed by atoms with Gasteiger partial charge in [-0.3, -0.25) is 4.79 Å². The van der Waals surface area contributed by atoms with Gasteiger partial charge in [0.15, 0.2) is 0 Å². The zero-order valence-electron chi connectivity index (χ0n) is 11.4. The zero-order chi connectivity index (χ0) is 16.0. The van der Waals surface area contributed by atoms with Crippen LogP contribution in [0.15, 0.2) is 29.2 Å². The van der Waals surface area contributed by atoms with Crippen molar-refractivity contribution in [3.05, 3.63) is 24.3 Å². The monoisotopic (exact) mass is 321 g/mol. The van der Waals surface area contributed by atoms with Crippen LogP contribution < -0.4 is 5.32 Å². The molecule has 1 aromatic rings. The Kier molecular flexibility index (Phi) is 6.07. The molecule has 0 aromatic heterocycles. The number of alkyl halides is 2. The van der Waals surface area contributed by atoms with Crippen LogP contribution in [0.3, 0.4) is 0 Å². The maximum absolute atomic E-state index is 12.3. The Hall–Kier alpha value is -1.70. The van der Waals surface area contributed by atoms with Crippen molar-refractivity contribution >= 4 is 21.5 Å². The third kappa shape index (κ3) is 4.96. The topological polar surface area (TPSA) is 83.5 Å². The first kappa shape index (κ1) is 17.4. The molecule has 0 aliphatic carbocycles. The van der Waals surface area contributed by atoms with Gasteiger partial charge in [-0.15, -0.1) is 0 Å². The van der Waals surface area contributed by atoms with E-state index in [9.17, 15) is 22.0 Å². The van der Waals surface area contributed by atoms with Gasteiger partial charge in [0.1, 0.15) is 0 Å². The minimum Gasteiger partial charge on any atom is -0.481 e. The summed E-state index contributed by atoms with van der Waals surface area (Å²) in [4.78, 5) is 10.2. The summed E-state index contributed by atoms with van der Waals surface area (Å²) in [6.45, 7) is 2.13. The first-order valence-corrected chi connectivity index (χ1v) is 7.88.